The molecule has 164 valence electrons. The Hall–Kier alpha value is -3.51. The van der Waals surface area contributed by atoms with Crippen LogP contribution in [0.5, 0.6) is 11.5 Å². The smallest absolute Gasteiger partial charge is 0.254 e. The molecule has 1 aliphatic heterocycles. The van der Waals surface area contributed by atoms with Gasteiger partial charge in [0.25, 0.3) is 5.91 Å². The molecule has 0 saturated carbocycles. The molecule has 0 saturated heterocycles. The van der Waals surface area contributed by atoms with Gasteiger partial charge in [-0.2, -0.15) is 0 Å². The van der Waals surface area contributed by atoms with E-state index in [0.29, 0.717) is 33.3 Å². The van der Waals surface area contributed by atoms with E-state index in [0.717, 1.165) is 5.56 Å². The predicted molar refractivity (Wildman–Crippen MR) is 124 cm³/mol. The third kappa shape index (κ3) is 3.89. The second kappa shape index (κ2) is 8.93. The molecule has 0 bridgehead atoms. The first-order chi connectivity index (χ1) is 15.4. The fraction of sp³-hybridized carbons (Fsp3) is 0.200. The van der Waals surface area contributed by atoms with Crippen molar-refractivity contribution in [2.24, 2.45) is 0 Å². The summed E-state index contributed by atoms with van der Waals surface area (Å²) < 4.78 is 10.6. The van der Waals surface area contributed by atoms with Crippen molar-refractivity contribution >= 4 is 29.1 Å². The first-order valence-electron chi connectivity index (χ1n) is 10.1. The van der Waals surface area contributed by atoms with Gasteiger partial charge in [-0.15, -0.1) is 0 Å². The zero-order valence-corrected chi connectivity index (χ0v) is 18.7. The summed E-state index contributed by atoms with van der Waals surface area (Å²) >= 11 is 6.15. The summed E-state index contributed by atoms with van der Waals surface area (Å²) in [6.45, 7) is 0. The Bertz CT molecular complexity index is 1160. The summed E-state index contributed by atoms with van der Waals surface area (Å²) in [7, 11) is 4.84. The molecule has 2 amide bonds. The number of hydrogen-bond donors (Lipinski definition) is 1. The number of nitrogens with one attached hydrogen (secondary N) is 1. The van der Waals surface area contributed by atoms with Gasteiger partial charge in [0, 0.05) is 17.6 Å². The number of ether oxygens (including phenoxy) is 2. The second-order valence-corrected chi connectivity index (χ2v) is 7.97. The van der Waals surface area contributed by atoms with E-state index in [1.807, 2.05) is 36.4 Å². The quantitative estimate of drug-likeness (QED) is 0.600. The number of rotatable bonds is 5. The zero-order valence-electron chi connectivity index (χ0n) is 18.0. The third-order valence-corrected chi connectivity index (χ3v) is 5.97. The zero-order chi connectivity index (χ0) is 22.8. The van der Waals surface area contributed by atoms with E-state index >= 15 is 0 Å². The standard InChI is InChI=1S/C25H23ClN2O4/c1-28-23(15-8-11-17(31-2)12-9-15)22(18-6-4-5-7-19(18)25(28)30)24(29)27-20-14-16(26)10-13-21(20)32-3/h4-14,22-23H,1-3H3,(H,27,29)/t22-,23+/m1/s1. The Morgan fingerprint density at radius 3 is 2.41 bits per heavy atom. The minimum atomic E-state index is -0.647. The number of fused-ring (bicyclic) bond motifs is 1. The van der Waals surface area contributed by atoms with Crippen molar-refractivity contribution in [3.05, 3.63) is 88.4 Å². The van der Waals surface area contributed by atoms with Crippen LogP contribution in [-0.4, -0.2) is 38.0 Å². The lowest BCUT2D eigenvalue weighted by molar-refractivity contribution is -0.119. The number of benzene rings is 3. The molecule has 32 heavy (non-hydrogen) atoms. The van der Waals surface area contributed by atoms with Gasteiger partial charge < -0.3 is 19.7 Å². The van der Waals surface area contributed by atoms with Gasteiger partial charge in [-0.05, 0) is 47.5 Å². The van der Waals surface area contributed by atoms with E-state index in [1.165, 1.54) is 7.11 Å². The fourth-order valence-corrected chi connectivity index (χ4v) is 4.34. The van der Waals surface area contributed by atoms with Gasteiger partial charge in [0.15, 0.2) is 0 Å². The highest BCUT2D eigenvalue weighted by molar-refractivity contribution is 6.31. The summed E-state index contributed by atoms with van der Waals surface area (Å²) in [4.78, 5) is 28.4. The predicted octanol–water partition coefficient (Wildman–Crippen LogP) is 4.91. The highest BCUT2D eigenvalue weighted by Crippen LogP contribution is 2.43. The second-order valence-electron chi connectivity index (χ2n) is 7.53. The van der Waals surface area contributed by atoms with Crippen LogP contribution in [0.4, 0.5) is 5.69 Å². The summed E-state index contributed by atoms with van der Waals surface area (Å²) in [5.41, 5.74) is 2.48. The number of hydrogen-bond acceptors (Lipinski definition) is 4. The summed E-state index contributed by atoms with van der Waals surface area (Å²) in [6, 6.07) is 19.1. The molecule has 0 aliphatic carbocycles. The minimum Gasteiger partial charge on any atom is -0.497 e. The van der Waals surface area contributed by atoms with E-state index in [9.17, 15) is 9.59 Å². The highest BCUT2D eigenvalue weighted by atomic mass is 35.5. The van der Waals surface area contributed by atoms with Crippen molar-refractivity contribution in [3.8, 4) is 11.5 Å². The molecule has 0 unspecified atom stereocenters. The Balaban J connectivity index is 1.80. The van der Waals surface area contributed by atoms with Gasteiger partial charge in [-0.25, -0.2) is 0 Å². The largest absolute Gasteiger partial charge is 0.497 e. The SMILES string of the molecule is COc1ccc([C@H]2[C@H](C(=O)Nc3cc(Cl)ccc3OC)c3ccccc3C(=O)N2C)cc1. The first kappa shape index (κ1) is 21.7. The highest BCUT2D eigenvalue weighted by Gasteiger charge is 2.42. The first-order valence-corrected chi connectivity index (χ1v) is 10.5. The van der Waals surface area contributed by atoms with E-state index < -0.39 is 12.0 Å². The van der Waals surface area contributed by atoms with Crippen LogP contribution in [0.2, 0.25) is 5.02 Å². The molecule has 1 heterocycles. The summed E-state index contributed by atoms with van der Waals surface area (Å²) in [5.74, 6) is 0.149. The van der Waals surface area contributed by atoms with Crippen LogP contribution in [0.1, 0.15) is 33.4 Å². The van der Waals surface area contributed by atoms with Gasteiger partial charge in [-0.1, -0.05) is 41.9 Å². The van der Waals surface area contributed by atoms with Gasteiger partial charge in [0.05, 0.1) is 31.9 Å². The van der Waals surface area contributed by atoms with Crippen LogP contribution in [0.15, 0.2) is 66.7 Å². The number of carbonyl (C=O) groups excluding carboxylic acids is 2. The molecule has 3 aromatic carbocycles. The van der Waals surface area contributed by atoms with Gasteiger partial charge in [0.1, 0.15) is 11.5 Å². The van der Waals surface area contributed by atoms with Gasteiger partial charge in [0.2, 0.25) is 5.91 Å². The fourth-order valence-electron chi connectivity index (χ4n) is 4.16. The Morgan fingerprint density at radius 2 is 1.72 bits per heavy atom. The lowest BCUT2D eigenvalue weighted by Gasteiger charge is -2.39. The number of methoxy groups -OCH3 is 2. The van der Waals surface area contributed by atoms with Crippen molar-refractivity contribution in [3.63, 3.8) is 0 Å². The molecule has 4 rings (SSSR count). The molecule has 2 atom stereocenters. The van der Waals surface area contributed by atoms with Crippen molar-refractivity contribution in [2.75, 3.05) is 26.6 Å². The van der Waals surface area contributed by atoms with Crippen molar-refractivity contribution < 1.29 is 19.1 Å². The number of halogens is 1. The number of carbonyl (C=O) groups is 2. The molecular weight excluding hydrogens is 428 g/mol. The van der Waals surface area contributed by atoms with Crippen LogP contribution in [-0.2, 0) is 4.79 Å². The van der Waals surface area contributed by atoms with Gasteiger partial charge >= 0.3 is 0 Å². The summed E-state index contributed by atoms with van der Waals surface area (Å²) in [6.07, 6.45) is 0. The topological polar surface area (TPSA) is 67.9 Å². The molecule has 1 N–H and O–H groups in total. The average Bonchev–Trinajstić information content (AvgIpc) is 2.81. The van der Waals surface area contributed by atoms with Crippen LogP contribution >= 0.6 is 11.6 Å². The lowest BCUT2D eigenvalue weighted by Crippen LogP contribution is -2.44. The van der Waals surface area contributed by atoms with Crippen molar-refractivity contribution in [1.82, 2.24) is 4.90 Å². The number of nitrogens with zero attached hydrogens (tertiary/aromatic N) is 1. The maximum absolute atomic E-state index is 13.7. The van der Waals surface area contributed by atoms with Crippen LogP contribution in [0.25, 0.3) is 0 Å². The van der Waals surface area contributed by atoms with E-state index in [-0.39, 0.29) is 11.8 Å². The lowest BCUT2D eigenvalue weighted by atomic mass is 9.79. The summed E-state index contributed by atoms with van der Waals surface area (Å²) in [5, 5.41) is 3.44. The number of likely N-dealkylation sites (N-methyl/N-ethyl adjacent to an activating group) is 1. The molecule has 0 spiro atoms. The number of amides is 2. The van der Waals surface area contributed by atoms with E-state index in [4.69, 9.17) is 21.1 Å². The molecule has 1 aliphatic rings. The van der Waals surface area contributed by atoms with Crippen molar-refractivity contribution in [2.45, 2.75) is 12.0 Å². The molecule has 6 nitrogen and oxygen atoms in total. The molecule has 7 heteroatoms. The Morgan fingerprint density at radius 1 is 1.00 bits per heavy atom. The average molecular weight is 451 g/mol. The maximum Gasteiger partial charge on any atom is 0.254 e. The Labute approximate surface area is 191 Å². The minimum absolute atomic E-state index is 0.134. The Kier molecular flexibility index (Phi) is 6.06. The monoisotopic (exact) mass is 450 g/mol. The molecular formula is C25H23ClN2O4. The molecule has 0 radical (unpaired) electrons. The third-order valence-electron chi connectivity index (χ3n) is 5.74. The molecule has 3 aromatic rings. The van der Waals surface area contributed by atoms with Crippen LogP contribution in [0.3, 0.4) is 0 Å². The number of anilines is 1. The van der Waals surface area contributed by atoms with Crippen LogP contribution < -0.4 is 14.8 Å². The van der Waals surface area contributed by atoms with Crippen molar-refractivity contribution in [1.29, 1.82) is 0 Å². The normalized spacial score (nSPS) is 17.5. The maximum atomic E-state index is 13.7. The van der Waals surface area contributed by atoms with Crippen LogP contribution in [0, 0.1) is 0 Å². The van der Waals surface area contributed by atoms with Gasteiger partial charge in [-0.3, -0.25) is 9.59 Å². The molecule has 0 aromatic heterocycles. The van der Waals surface area contributed by atoms with E-state index in [1.54, 1.807) is 49.4 Å². The molecule has 0 fully saturated rings. The van der Waals surface area contributed by atoms with E-state index in [2.05, 4.69) is 5.32 Å².